The van der Waals surface area contributed by atoms with E-state index in [0.29, 0.717) is 12.1 Å². The molecule has 1 unspecified atom stereocenters. The molecule has 0 saturated carbocycles. The van der Waals surface area contributed by atoms with Gasteiger partial charge in [0.15, 0.2) is 5.65 Å². The number of carbonyl (C=O) groups is 1. The van der Waals surface area contributed by atoms with Gasteiger partial charge in [0.25, 0.3) is 5.91 Å². The molecule has 126 valence electrons. The second-order valence-electron chi connectivity index (χ2n) is 6.10. The monoisotopic (exact) mass is 345 g/mol. The Balaban J connectivity index is 1.79. The van der Waals surface area contributed by atoms with E-state index in [1.807, 2.05) is 6.92 Å². The summed E-state index contributed by atoms with van der Waals surface area (Å²) in [6.45, 7) is 1.81. The predicted molar refractivity (Wildman–Crippen MR) is 91.4 cm³/mol. The van der Waals surface area contributed by atoms with Crippen LogP contribution in [0.5, 0.6) is 0 Å². The quantitative estimate of drug-likeness (QED) is 0.751. The van der Waals surface area contributed by atoms with Crippen molar-refractivity contribution in [1.82, 2.24) is 24.9 Å². The zero-order valence-electron chi connectivity index (χ0n) is 13.4. The molecule has 1 atom stereocenters. The average molecular weight is 345 g/mol. The minimum Gasteiger partial charge on any atom is -0.394 e. The molecule has 0 aromatic carbocycles. The normalized spacial score (nSPS) is 15.6. The van der Waals surface area contributed by atoms with Crippen LogP contribution in [-0.4, -0.2) is 43.2 Å². The Kier molecular flexibility index (Phi) is 3.93. The Bertz CT molecular complexity index is 912. The fraction of sp³-hybridized carbons (Fsp3) is 0.500. The minimum atomic E-state index is -0.364. The van der Waals surface area contributed by atoms with Gasteiger partial charge >= 0.3 is 0 Å². The summed E-state index contributed by atoms with van der Waals surface area (Å²) in [6.07, 6.45) is 6.80. The molecule has 2 N–H and O–H groups in total. The predicted octanol–water partition coefficient (Wildman–Crippen LogP) is 1.72. The second-order valence-corrected chi connectivity index (χ2v) is 7.18. The van der Waals surface area contributed by atoms with E-state index in [1.54, 1.807) is 22.2 Å². The van der Waals surface area contributed by atoms with E-state index >= 15 is 0 Å². The van der Waals surface area contributed by atoms with E-state index in [-0.39, 0.29) is 24.4 Å². The summed E-state index contributed by atoms with van der Waals surface area (Å²) in [4.78, 5) is 23.6. The van der Waals surface area contributed by atoms with Crippen molar-refractivity contribution in [3.8, 4) is 0 Å². The third-order valence-corrected chi connectivity index (χ3v) is 5.74. The summed E-state index contributed by atoms with van der Waals surface area (Å²) in [7, 11) is 0. The van der Waals surface area contributed by atoms with Crippen LogP contribution >= 0.6 is 11.3 Å². The van der Waals surface area contributed by atoms with Crippen LogP contribution in [0.15, 0.2) is 6.33 Å². The maximum atomic E-state index is 12.3. The van der Waals surface area contributed by atoms with E-state index in [4.69, 9.17) is 0 Å². The van der Waals surface area contributed by atoms with E-state index in [1.165, 1.54) is 23.3 Å². The standard InChI is InChI=1S/C16H19N5O2S/c1-2-9(7-22)18-15(23)13-19-14-12-10-5-3-4-6-11(10)24-16(12)17-8-21(14)20-13/h8-9,22H,2-7H2,1H3,(H,18,23). The van der Waals surface area contributed by atoms with E-state index in [9.17, 15) is 9.90 Å². The number of carbonyl (C=O) groups excluding carboxylic acids is 1. The minimum absolute atomic E-state index is 0.0978. The molecule has 1 aliphatic rings. The second kappa shape index (κ2) is 6.10. The fourth-order valence-electron chi connectivity index (χ4n) is 3.18. The molecule has 1 aliphatic carbocycles. The van der Waals surface area contributed by atoms with Crippen LogP contribution in [0.1, 0.15) is 47.2 Å². The van der Waals surface area contributed by atoms with Crippen molar-refractivity contribution >= 4 is 33.1 Å². The number of aliphatic hydroxyl groups excluding tert-OH is 1. The number of aliphatic hydroxyl groups is 1. The summed E-state index contributed by atoms with van der Waals surface area (Å²) < 4.78 is 1.58. The molecule has 0 aliphatic heterocycles. The van der Waals surface area contributed by atoms with Gasteiger partial charge in [-0.1, -0.05) is 6.92 Å². The lowest BCUT2D eigenvalue weighted by atomic mass is 9.97. The fourth-order valence-corrected chi connectivity index (χ4v) is 4.40. The van der Waals surface area contributed by atoms with Crippen molar-refractivity contribution < 1.29 is 9.90 Å². The summed E-state index contributed by atoms with van der Waals surface area (Å²) >= 11 is 1.72. The van der Waals surface area contributed by atoms with E-state index in [0.717, 1.165) is 23.1 Å². The highest BCUT2D eigenvalue weighted by Crippen LogP contribution is 2.36. The molecule has 0 fully saturated rings. The van der Waals surface area contributed by atoms with Crippen LogP contribution in [0.4, 0.5) is 0 Å². The van der Waals surface area contributed by atoms with Crippen molar-refractivity contribution in [3.63, 3.8) is 0 Å². The highest BCUT2D eigenvalue weighted by atomic mass is 32.1. The van der Waals surface area contributed by atoms with Crippen molar-refractivity contribution in [1.29, 1.82) is 0 Å². The molecule has 4 rings (SSSR count). The molecule has 0 radical (unpaired) electrons. The molecule has 24 heavy (non-hydrogen) atoms. The van der Waals surface area contributed by atoms with Gasteiger partial charge in [0.2, 0.25) is 5.82 Å². The maximum Gasteiger partial charge on any atom is 0.291 e. The summed E-state index contributed by atoms with van der Waals surface area (Å²) in [5, 5.41) is 17.3. The summed E-state index contributed by atoms with van der Waals surface area (Å²) in [5.41, 5.74) is 2.02. The van der Waals surface area contributed by atoms with Crippen molar-refractivity contribution in [3.05, 3.63) is 22.6 Å². The Morgan fingerprint density at radius 1 is 1.46 bits per heavy atom. The smallest absolute Gasteiger partial charge is 0.291 e. The number of aryl methyl sites for hydroxylation is 2. The third-order valence-electron chi connectivity index (χ3n) is 4.54. The first-order valence-corrected chi connectivity index (χ1v) is 9.10. The number of rotatable bonds is 4. The first kappa shape index (κ1) is 15.5. The average Bonchev–Trinajstić information content (AvgIpc) is 3.19. The molecule has 1 amide bonds. The highest BCUT2D eigenvalue weighted by Gasteiger charge is 2.22. The van der Waals surface area contributed by atoms with Gasteiger partial charge in [-0.25, -0.2) is 14.5 Å². The zero-order chi connectivity index (χ0) is 16.7. The summed E-state index contributed by atoms with van der Waals surface area (Å²) in [6, 6.07) is -0.281. The van der Waals surface area contributed by atoms with Crippen LogP contribution in [0.25, 0.3) is 15.9 Å². The molecule has 8 heteroatoms. The lowest BCUT2D eigenvalue weighted by Crippen LogP contribution is -2.37. The van der Waals surface area contributed by atoms with Crippen LogP contribution in [0, 0.1) is 0 Å². The SMILES string of the molecule is CCC(CO)NC(=O)c1nc2c3c4c(sc3ncn2n1)CCCC4. The van der Waals surface area contributed by atoms with Gasteiger partial charge in [-0.2, -0.15) is 0 Å². The first-order chi connectivity index (χ1) is 11.7. The molecule has 0 saturated heterocycles. The molecular weight excluding hydrogens is 326 g/mol. The van der Waals surface area contributed by atoms with Gasteiger partial charge in [0.1, 0.15) is 11.2 Å². The number of nitrogens with zero attached hydrogens (tertiary/aromatic N) is 4. The first-order valence-electron chi connectivity index (χ1n) is 8.28. The molecule has 0 spiro atoms. The largest absolute Gasteiger partial charge is 0.394 e. The van der Waals surface area contributed by atoms with Gasteiger partial charge in [0.05, 0.1) is 18.0 Å². The van der Waals surface area contributed by atoms with Gasteiger partial charge < -0.3 is 10.4 Å². The van der Waals surface area contributed by atoms with E-state index in [2.05, 4.69) is 20.4 Å². The molecule has 3 aromatic heterocycles. The Morgan fingerprint density at radius 2 is 2.29 bits per heavy atom. The Labute approximate surface area is 142 Å². The summed E-state index contributed by atoms with van der Waals surface area (Å²) in [5.74, 6) is -0.246. The van der Waals surface area contributed by atoms with E-state index < -0.39 is 0 Å². The van der Waals surface area contributed by atoms with Crippen LogP contribution in [0.3, 0.4) is 0 Å². The van der Waals surface area contributed by atoms with Crippen molar-refractivity contribution in [2.75, 3.05) is 6.61 Å². The number of hydrogen-bond acceptors (Lipinski definition) is 6. The van der Waals surface area contributed by atoms with Crippen LogP contribution < -0.4 is 5.32 Å². The highest BCUT2D eigenvalue weighted by molar-refractivity contribution is 7.19. The number of thiophene rings is 1. The molecule has 3 heterocycles. The lowest BCUT2D eigenvalue weighted by molar-refractivity contribution is 0.0904. The topological polar surface area (TPSA) is 92.4 Å². The van der Waals surface area contributed by atoms with Gasteiger partial charge in [0, 0.05) is 4.88 Å². The van der Waals surface area contributed by atoms with Crippen LogP contribution in [0.2, 0.25) is 0 Å². The lowest BCUT2D eigenvalue weighted by Gasteiger charge is -2.11. The number of hydrogen-bond donors (Lipinski definition) is 2. The number of fused-ring (bicyclic) bond motifs is 5. The number of amides is 1. The molecule has 3 aromatic rings. The van der Waals surface area contributed by atoms with Crippen LogP contribution in [-0.2, 0) is 12.8 Å². The third kappa shape index (κ3) is 2.46. The number of nitrogens with one attached hydrogen (secondary N) is 1. The van der Waals surface area contributed by atoms with Crippen molar-refractivity contribution in [2.45, 2.75) is 45.1 Å². The molecule has 7 nitrogen and oxygen atoms in total. The number of aromatic nitrogens is 4. The van der Waals surface area contributed by atoms with Gasteiger partial charge in [-0.05, 0) is 37.7 Å². The molecule has 0 bridgehead atoms. The Hall–Kier alpha value is -2.06. The maximum absolute atomic E-state index is 12.3. The van der Waals surface area contributed by atoms with Crippen molar-refractivity contribution in [2.24, 2.45) is 0 Å². The van der Waals surface area contributed by atoms with Gasteiger partial charge in [-0.15, -0.1) is 16.4 Å². The zero-order valence-corrected chi connectivity index (χ0v) is 14.3. The molecular formula is C16H19N5O2S. The van der Waals surface area contributed by atoms with Gasteiger partial charge in [-0.3, -0.25) is 4.79 Å². The Morgan fingerprint density at radius 3 is 3.08 bits per heavy atom.